The molecular weight excluding hydrogens is 568 g/mol. The maximum absolute atomic E-state index is 12.8. The third-order valence-electron chi connectivity index (χ3n) is 6.81. The molecule has 0 unspecified atom stereocenters. The first-order valence-electron chi connectivity index (χ1n) is 13.2. The Morgan fingerprint density at radius 3 is 2.66 bits per heavy atom. The van der Waals surface area contributed by atoms with Gasteiger partial charge in [0, 0.05) is 24.2 Å². The zero-order valence-electron chi connectivity index (χ0n) is 22.6. The summed E-state index contributed by atoms with van der Waals surface area (Å²) in [5.74, 6) is 0.735. The first-order valence-corrected chi connectivity index (χ1v) is 15.1. The second kappa shape index (κ2) is 12.0. The molecule has 1 saturated heterocycles. The zero-order valence-corrected chi connectivity index (χ0v) is 24.1. The molecule has 1 aliphatic heterocycles. The largest absolute Gasteiger partial charge is 0.393 e. The van der Waals surface area contributed by atoms with Crippen LogP contribution < -0.4 is 16.0 Å². The molecule has 0 aliphatic carbocycles. The predicted octanol–water partition coefficient (Wildman–Crippen LogP) is 4.07. The van der Waals surface area contributed by atoms with Crippen LogP contribution in [0.4, 0.5) is 29.0 Å². The van der Waals surface area contributed by atoms with Crippen molar-refractivity contribution in [2.24, 2.45) is 0 Å². The fraction of sp³-hybridized carbons (Fsp3) is 0.333. The SMILES string of the molecule is CC(C)S(=O)(=O)c1ccccc1Nc1nc(Nc2ccc3c(NC(=O)CN4CCC(O)CC4)n[nH]c3c2)ncc1Cl. The van der Waals surface area contributed by atoms with E-state index in [-0.39, 0.29) is 40.2 Å². The number of piperidine rings is 1. The number of aromatic nitrogens is 4. The van der Waals surface area contributed by atoms with Crippen LogP contribution in [0.5, 0.6) is 0 Å². The number of aromatic amines is 1. The van der Waals surface area contributed by atoms with E-state index in [4.69, 9.17) is 11.6 Å². The zero-order chi connectivity index (χ0) is 29.1. The standard InChI is InChI=1S/C27H31ClN8O4S/c1-16(2)41(39,40)23-6-4-3-5-21(23)31-26-20(28)14-29-27(33-26)30-17-7-8-19-22(13-17)34-35-25(19)32-24(38)15-36-11-9-18(37)10-12-36/h3-8,13-14,16,18,37H,9-12,15H2,1-2H3,(H2,29,30,31,33)(H2,32,34,35,38). The molecule has 1 aliphatic rings. The molecule has 0 bridgehead atoms. The summed E-state index contributed by atoms with van der Waals surface area (Å²) in [5, 5.41) is 26.2. The number of aliphatic hydroxyl groups excluding tert-OH is 1. The van der Waals surface area contributed by atoms with Gasteiger partial charge in [-0.25, -0.2) is 13.4 Å². The highest BCUT2D eigenvalue weighted by molar-refractivity contribution is 7.92. The van der Waals surface area contributed by atoms with Crippen molar-refractivity contribution < 1.29 is 18.3 Å². The molecule has 0 radical (unpaired) electrons. The van der Waals surface area contributed by atoms with Gasteiger partial charge in [0.25, 0.3) is 0 Å². The Balaban J connectivity index is 1.29. The van der Waals surface area contributed by atoms with Gasteiger partial charge in [0.2, 0.25) is 11.9 Å². The highest BCUT2D eigenvalue weighted by Crippen LogP contribution is 2.31. The molecule has 5 rings (SSSR count). The smallest absolute Gasteiger partial charge is 0.239 e. The normalized spacial score (nSPS) is 14.9. The maximum Gasteiger partial charge on any atom is 0.239 e. The van der Waals surface area contributed by atoms with Crippen molar-refractivity contribution in [2.45, 2.75) is 42.9 Å². The number of likely N-dealkylation sites (tertiary alicyclic amines) is 1. The van der Waals surface area contributed by atoms with Crippen LogP contribution >= 0.6 is 11.6 Å². The van der Waals surface area contributed by atoms with Crippen LogP contribution in [0.25, 0.3) is 10.9 Å². The fourth-order valence-electron chi connectivity index (χ4n) is 4.49. The second-order valence-electron chi connectivity index (χ2n) is 10.1. The van der Waals surface area contributed by atoms with Gasteiger partial charge in [0.1, 0.15) is 5.02 Å². The van der Waals surface area contributed by atoms with Gasteiger partial charge in [-0.05, 0) is 57.0 Å². The van der Waals surface area contributed by atoms with Crippen molar-refractivity contribution in [2.75, 3.05) is 35.6 Å². The molecule has 2 aromatic carbocycles. The van der Waals surface area contributed by atoms with E-state index >= 15 is 0 Å². The first kappa shape index (κ1) is 28.7. The summed E-state index contributed by atoms with van der Waals surface area (Å²) in [7, 11) is -3.55. The van der Waals surface area contributed by atoms with Gasteiger partial charge in [0.15, 0.2) is 21.5 Å². The van der Waals surface area contributed by atoms with Crippen LogP contribution in [0.15, 0.2) is 53.6 Å². The molecule has 5 N–H and O–H groups in total. The minimum absolute atomic E-state index is 0.154. The van der Waals surface area contributed by atoms with Gasteiger partial charge < -0.3 is 21.1 Å². The van der Waals surface area contributed by atoms with Crippen LogP contribution in [-0.4, -0.2) is 75.5 Å². The Labute approximate surface area is 242 Å². The number of halogens is 1. The van der Waals surface area contributed by atoms with Crippen LogP contribution in [0.1, 0.15) is 26.7 Å². The average Bonchev–Trinajstić information content (AvgIpc) is 3.33. The van der Waals surface area contributed by atoms with Crippen LogP contribution in [0, 0.1) is 0 Å². The number of carbonyl (C=O) groups excluding carboxylic acids is 1. The molecule has 41 heavy (non-hydrogen) atoms. The third-order valence-corrected chi connectivity index (χ3v) is 9.30. The van der Waals surface area contributed by atoms with Crippen LogP contribution in [0.2, 0.25) is 5.02 Å². The molecule has 0 atom stereocenters. The van der Waals surface area contributed by atoms with Crippen LogP contribution in [-0.2, 0) is 14.6 Å². The van der Waals surface area contributed by atoms with E-state index in [1.807, 2.05) is 11.0 Å². The van der Waals surface area contributed by atoms with E-state index in [9.17, 15) is 18.3 Å². The lowest BCUT2D eigenvalue weighted by Crippen LogP contribution is -2.40. The topological polar surface area (TPSA) is 165 Å². The van der Waals surface area contributed by atoms with E-state index in [0.717, 1.165) is 5.39 Å². The van der Waals surface area contributed by atoms with Gasteiger partial charge in [-0.1, -0.05) is 23.7 Å². The summed E-state index contributed by atoms with van der Waals surface area (Å²) >= 11 is 6.34. The molecule has 3 heterocycles. The maximum atomic E-state index is 12.8. The van der Waals surface area contributed by atoms with Crippen molar-refractivity contribution >= 4 is 67.2 Å². The summed E-state index contributed by atoms with van der Waals surface area (Å²) in [4.78, 5) is 23.4. The Hall–Kier alpha value is -3.78. The van der Waals surface area contributed by atoms with Gasteiger partial charge in [0.05, 0.1) is 40.2 Å². The molecule has 0 saturated carbocycles. The van der Waals surface area contributed by atoms with Gasteiger partial charge in [-0.3, -0.25) is 14.8 Å². The summed E-state index contributed by atoms with van der Waals surface area (Å²) in [5.41, 5.74) is 1.70. The van der Waals surface area contributed by atoms with Gasteiger partial charge in [-0.2, -0.15) is 10.1 Å². The molecule has 1 amide bonds. The molecular formula is C27H31ClN8O4S. The lowest BCUT2D eigenvalue weighted by Gasteiger charge is -2.28. The number of hydrogen-bond acceptors (Lipinski definition) is 10. The highest BCUT2D eigenvalue weighted by Gasteiger charge is 2.23. The number of fused-ring (bicyclic) bond motifs is 1. The number of nitrogens with zero attached hydrogens (tertiary/aromatic N) is 4. The molecule has 14 heteroatoms. The molecule has 1 fully saturated rings. The van der Waals surface area contributed by atoms with Crippen molar-refractivity contribution in [1.82, 2.24) is 25.1 Å². The van der Waals surface area contributed by atoms with E-state index in [0.29, 0.717) is 48.6 Å². The fourth-order valence-corrected chi connectivity index (χ4v) is 5.83. The Bertz CT molecular complexity index is 1670. The average molecular weight is 599 g/mol. The third kappa shape index (κ3) is 6.59. The van der Waals surface area contributed by atoms with E-state index < -0.39 is 15.1 Å². The lowest BCUT2D eigenvalue weighted by atomic mass is 10.1. The van der Waals surface area contributed by atoms with Gasteiger partial charge in [-0.15, -0.1) is 0 Å². The number of amides is 1. The summed E-state index contributed by atoms with van der Waals surface area (Å²) in [6.07, 6.45) is 2.45. The summed E-state index contributed by atoms with van der Waals surface area (Å²) < 4.78 is 25.7. The molecule has 12 nitrogen and oxygen atoms in total. The van der Waals surface area contributed by atoms with Crippen LogP contribution in [0.3, 0.4) is 0 Å². The number of anilines is 5. The number of para-hydroxylation sites is 1. The van der Waals surface area contributed by atoms with E-state index in [2.05, 4.69) is 36.1 Å². The first-order chi connectivity index (χ1) is 19.6. The molecule has 216 valence electrons. The number of rotatable bonds is 9. The second-order valence-corrected chi connectivity index (χ2v) is 13.0. The molecule has 2 aromatic heterocycles. The quantitative estimate of drug-likeness (QED) is 0.189. The minimum atomic E-state index is -3.55. The lowest BCUT2D eigenvalue weighted by molar-refractivity contribution is -0.117. The Morgan fingerprint density at radius 2 is 1.90 bits per heavy atom. The highest BCUT2D eigenvalue weighted by atomic mass is 35.5. The molecule has 4 aromatic rings. The summed E-state index contributed by atoms with van der Waals surface area (Å²) in [6.45, 7) is 4.85. The number of H-pyrrole nitrogens is 1. The number of sulfone groups is 1. The number of benzene rings is 2. The molecule has 0 spiro atoms. The summed E-state index contributed by atoms with van der Waals surface area (Å²) in [6, 6.07) is 12.0. The Morgan fingerprint density at radius 1 is 1.15 bits per heavy atom. The minimum Gasteiger partial charge on any atom is -0.393 e. The van der Waals surface area contributed by atoms with Crippen molar-refractivity contribution in [1.29, 1.82) is 0 Å². The van der Waals surface area contributed by atoms with Crippen molar-refractivity contribution in [3.05, 3.63) is 53.7 Å². The van der Waals surface area contributed by atoms with Crippen molar-refractivity contribution in [3.63, 3.8) is 0 Å². The van der Waals surface area contributed by atoms with E-state index in [1.54, 1.807) is 50.2 Å². The number of carbonyl (C=O) groups is 1. The Kier molecular flexibility index (Phi) is 8.40. The number of hydrogen-bond donors (Lipinski definition) is 5. The number of aliphatic hydroxyl groups is 1. The predicted molar refractivity (Wildman–Crippen MR) is 159 cm³/mol. The number of nitrogens with one attached hydrogen (secondary N) is 4. The van der Waals surface area contributed by atoms with Crippen molar-refractivity contribution in [3.8, 4) is 0 Å². The monoisotopic (exact) mass is 598 g/mol. The van der Waals surface area contributed by atoms with E-state index in [1.165, 1.54) is 6.20 Å². The van der Waals surface area contributed by atoms with Gasteiger partial charge >= 0.3 is 0 Å².